The molecule has 1 saturated carbocycles. The second kappa shape index (κ2) is 2.87. The molecule has 0 aromatic heterocycles. The van der Waals surface area contributed by atoms with Crippen molar-refractivity contribution in [2.75, 3.05) is 0 Å². The Morgan fingerprint density at radius 1 is 1.27 bits per heavy atom. The van der Waals surface area contributed by atoms with Crippen LogP contribution < -0.4 is 0 Å². The maximum absolute atomic E-state index is 2.61. The molecule has 1 atom stereocenters. The highest BCUT2D eigenvalue weighted by molar-refractivity contribution is 14.1. The van der Waals surface area contributed by atoms with Crippen LogP contribution in [0.4, 0.5) is 0 Å². The number of rotatable bonds is 0. The lowest BCUT2D eigenvalue weighted by molar-refractivity contribution is 0.298. The Labute approximate surface area is 83.0 Å². The monoisotopic (exact) mass is 265 g/mol. The number of nitrogens with zero attached hydrogens (tertiary/aromatic N) is 1. The minimum absolute atomic E-state index is 0.663. The molecule has 1 saturated heterocycles. The summed E-state index contributed by atoms with van der Waals surface area (Å²) >= 11 is 2.55. The lowest BCUT2D eigenvalue weighted by Gasteiger charge is -2.28. The van der Waals surface area contributed by atoms with Crippen LogP contribution in [0.25, 0.3) is 0 Å². The quantitative estimate of drug-likeness (QED) is 0.480. The van der Waals surface area contributed by atoms with E-state index >= 15 is 0 Å². The van der Waals surface area contributed by atoms with Gasteiger partial charge in [-0.2, -0.15) is 0 Å². The van der Waals surface area contributed by atoms with Gasteiger partial charge >= 0.3 is 0 Å². The van der Waals surface area contributed by atoms with Crippen LogP contribution in [-0.4, -0.2) is 14.7 Å². The molecule has 1 aliphatic carbocycles. The molecular weight excluding hydrogens is 249 g/mol. The summed E-state index contributed by atoms with van der Waals surface area (Å²) in [5.41, 5.74) is 0.663. The number of halogens is 1. The fourth-order valence-electron chi connectivity index (χ4n) is 2.19. The second-order valence-corrected chi connectivity index (χ2v) is 5.17. The highest BCUT2D eigenvalue weighted by atomic mass is 127. The van der Waals surface area contributed by atoms with E-state index < -0.39 is 0 Å². The zero-order valence-corrected chi connectivity index (χ0v) is 9.30. The molecule has 1 spiro atoms. The van der Waals surface area contributed by atoms with Gasteiger partial charge in [0.05, 0.1) is 0 Å². The lowest BCUT2D eigenvalue weighted by Crippen LogP contribution is -2.33. The first-order valence-corrected chi connectivity index (χ1v) is 5.66. The molecule has 1 heterocycles. The van der Waals surface area contributed by atoms with Gasteiger partial charge in [-0.3, -0.25) is 0 Å². The van der Waals surface area contributed by atoms with Crippen LogP contribution in [-0.2, 0) is 0 Å². The third kappa shape index (κ3) is 1.44. The molecule has 2 heteroatoms. The average Bonchev–Trinajstić information content (AvgIpc) is 2.77. The highest BCUT2D eigenvalue weighted by Crippen LogP contribution is 2.50. The van der Waals surface area contributed by atoms with Gasteiger partial charge in [0.15, 0.2) is 0 Å². The van der Waals surface area contributed by atoms with E-state index in [1.807, 2.05) is 0 Å². The highest BCUT2D eigenvalue weighted by Gasteiger charge is 2.48. The van der Waals surface area contributed by atoms with Crippen molar-refractivity contribution >= 4 is 22.9 Å². The van der Waals surface area contributed by atoms with Crippen molar-refractivity contribution < 1.29 is 0 Å². The van der Waals surface area contributed by atoms with Crippen molar-refractivity contribution in [3.8, 4) is 0 Å². The van der Waals surface area contributed by atoms with Gasteiger partial charge in [-0.1, -0.05) is 12.8 Å². The van der Waals surface area contributed by atoms with E-state index in [9.17, 15) is 0 Å². The van der Waals surface area contributed by atoms with E-state index in [2.05, 4.69) is 32.9 Å². The van der Waals surface area contributed by atoms with Gasteiger partial charge in [-0.05, 0) is 32.6 Å². The normalized spacial score (nSPS) is 37.1. The summed E-state index contributed by atoms with van der Waals surface area (Å²) in [6.07, 6.45) is 8.69. The maximum atomic E-state index is 2.61. The Hall–Kier alpha value is 0.690. The average molecular weight is 265 g/mol. The molecule has 0 aromatic rings. The standard InChI is InChI=1S/C9H16IN/c1-8-4-2-3-5-9(6-7-9)11(8)10/h8H,2-7H2,1H3. The molecule has 2 rings (SSSR count). The Balaban J connectivity index is 2.08. The molecule has 64 valence electrons. The summed E-state index contributed by atoms with van der Waals surface area (Å²) in [5, 5.41) is 0. The van der Waals surface area contributed by atoms with Gasteiger partial charge < -0.3 is 0 Å². The first-order chi connectivity index (χ1) is 5.25. The van der Waals surface area contributed by atoms with Gasteiger partial charge in [-0.15, -0.1) is 0 Å². The minimum Gasteiger partial charge on any atom is -0.239 e. The van der Waals surface area contributed by atoms with Gasteiger partial charge in [0.25, 0.3) is 0 Å². The predicted molar refractivity (Wildman–Crippen MR) is 55.8 cm³/mol. The van der Waals surface area contributed by atoms with E-state index in [0.717, 1.165) is 6.04 Å². The summed E-state index contributed by atoms with van der Waals surface area (Å²) in [6.45, 7) is 2.37. The largest absolute Gasteiger partial charge is 0.239 e. The molecule has 2 aliphatic rings. The van der Waals surface area contributed by atoms with Crippen molar-refractivity contribution in [3.05, 3.63) is 0 Å². The van der Waals surface area contributed by atoms with Crippen LogP contribution in [0.3, 0.4) is 0 Å². The zero-order chi connectivity index (χ0) is 7.90. The second-order valence-electron chi connectivity index (χ2n) is 4.13. The topological polar surface area (TPSA) is 3.24 Å². The Kier molecular flexibility index (Phi) is 2.17. The molecule has 1 nitrogen and oxygen atoms in total. The number of hydrogen-bond donors (Lipinski definition) is 0. The van der Waals surface area contributed by atoms with Crippen LogP contribution in [0.5, 0.6) is 0 Å². The smallest absolute Gasteiger partial charge is 0.0309 e. The lowest BCUT2D eigenvalue weighted by atomic mass is 10.1. The molecule has 1 unspecified atom stereocenters. The van der Waals surface area contributed by atoms with Crippen molar-refractivity contribution in [3.63, 3.8) is 0 Å². The Morgan fingerprint density at radius 3 is 2.64 bits per heavy atom. The Bertz CT molecular complexity index is 154. The van der Waals surface area contributed by atoms with Crippen LogP contribution in [0.2, 0.25) is 0 Å². The SMILES string of the molecule is CC1CCCCC2(CC2)N1I. The predicted octanol–water partition coefficient (Wildman–Crippen LogP) is 3.13. The van der Waals surface area contributed by atoms with Crippen molar-refractivity contribution in [2.24, 2.45) is 0 Å². The molecule has 0 aromatic carbocycles. The van der Waals surface area contributed by atoms with Gasteiger partial charge in [-0.25, -0.2) is 3.11 Å². The van der Waals surface area contributed by atoms with Crippen LogP contribution in [0.1, 0.15) is 45.4 Å². The van der Waals surface area contributed by atoms with E-state index in [1.165, 1.54) is 38.5 Å². The first-order valence-electron chi connectivity index (χ1n) is 4.70. The molecular formula is C9H16IN. The third-order valence-corrected chi connectivity index (χ3v) is 5.16. The summed E-state index contributed by atoms with van der Waals surface area (Å²) in [6, 6.07) is 0.820. The Morgan fingerprint density at radius 2 is 2.00 bits per heavy atom. The summed E-state index contributed by atoms with van der Waals surface area (Å²) in [7, 11) is 0. The molecule has 11 heavy (non-hydrogen) atoms. The van der Waals surface area contributed by atoms with Crippen molar-refractivity contribution in [1.29, 1.82) is 0 Å². The van der Waals surface area contributed by atoms with Crippen LogP contribution >= 0.6 is 22.9 Å². The van der Waals surface area contributed by atoms with Gasteiger partial charge in [0.1, 0.15) is 0 Å². The summed E-state index contributed by atoms with van der Waals surface area (Å²) < 4.78 is 2.61. The van der Waals surface area contributed by atoms with Gasteiger partial charge in [0, 0.05) is 34.4 Å². The van der Waals surface area contributed by atoms with Gasteiger partial charge in [0.2, 0.25) is 0 Å². The van der Waals surface area contributed by atoms with Crippen LogP contribution in [0.15, 0.2) is 0 Å². The minimum atomic E-state index is 0.663. The third-order valence-electron chi connectivity index (χ3n) is 3.18. The molecule has 0 bridgehead atoms. The van der Waals surface area contributed by atoms with Crippen molar-refractivity contribution in [1.82, 2.24) is 3.11 Å². The first kappa shape index (κ1) is 8.30. The molecule has 0 amide bonds. The fraction of sp³-hybridized carbons (Fsp3) is 1.00. The fourth-order valence-corrected chi connectivity index (χ4v) is 3.19. The molecule has 2 fully saturated rings. The molecule has 1 aliphatic heterocycles. The van der Waals surface area contributed by atoms with E-state index in [4.69, 9.17) is 0 Å². The summed E-state index contributed by atoms with van der Waals surface area (Å²) in [5.74, 6) is 0. The van der Waals surface area contributed by atoms with E-state index in [0.29, 0.717) is 5.54 Å². The van der Waals surface area contributed by atoms with E-state index in [-0.39, 0.29) is 0 Å². The zero-order valence-electron chi connectivity index (χ0n) is 7.15. The molecule has 0 N–H and O–H groups in total. The number of hydrogen-bond acceptors (Lipinski definition) is 1. The van der Waals surface area contributed by atoms with Crippen molar-refractivity contribution in [2.45, 2.75) is 57.0 Å². The molecule has 0 radical (unpaired) electrons. The van der Waals surface area contributed by atoms with Crippen LogP contribution in [0, 0.1) is 0 Å². The van der Waals surface area contributed by atoms with E-state index in [1.54, 1.807) is 0 Å². The maximum Gasteiger partial charge on any atom is 0.0309 e. The summed E-state index contributed by atoms with van der Waals surface area (Å²) in [4.78, 5) is 0.